The molecule has 0 saturated heterocycles. The van der Waals surface area contributed by atoms with Gasteiger partial charge in [0.25, 0.3) is 0 Å². The van der Waals surface area contributed by atoms with E-state index >= 15 is 0 Å². The molecular formula is C17H23Cl. The highest BCUT2D eigenvalue weighted by atomic mass is 35.5. The molecule has 1 heteroatoms. The zero-order valence-electron chi connectivity index (χ0n) is 11.7. The SMILES string of the molecule is CC1(C(C)(C)C2(c3ccc(Cl)cc3)CCC2)CC1. The number of halogens is 1. The fraction of sp³-hybridized carbons (Fsp3) is 0.647. The topological polar surface area (TPSA) is 0 Å². The van der Waals surface area contributed by atoms with E-state index in [1.807, 2.05) is 0 Å². The second kappa shape index (κ2) is 3.76. The highest BCUT2D eigenvalue weighted by Crippen LogP contribution is 2.69. The molecule has 0 radical (unpaired) electrons. The lowest BCUT2D eigenvalue weighted by Crippen LogP contribution is -2.51. The Morgan fingerprint density at radius 1 is 1.00 bits per heavy atom. The standard InChI is InChI=1S/C17H23Cl/c1-15(2,16(3)11-12-16)17(9-4-10-17)13-5-7-14(18)8-6-13/h5-8H,4,9-12H2,1-3H3. The molecule has 2 aliphatic carbocycles. The molecule has 0 aliphatic heterocycles. The molecule has 18 heavy (non-hydrogen) atoms. The summed E-state index contributed by atoms with van der Waals surface area (Å²) in [5, 5.41) is 0.851. The van der Waals surface area contributed by atoms with Crippen LogP contribution >= 0.6 is 11.6 Å². The maximum absolute atomic E-state index is 6.04. The van der Waals surface area contributed by atoms with E-state index in [2.05, 4.69) is 45.0 Å². The third-order valence-corrected chi connectivity index (χ3v) is 6.56. The van der Waals surface area contributed by atoms with Crippen LogP contribution in [0.25, 0.3) is 0 Å². The fourth-order valence-electron chi connectivity index (χ4n) is 3.96. The summed E-state index contributed by atoms with van der Waals surface area (Å²) in [5.41, 5.74) is 2.85. The quantitative estimate of drug-likeness (QED) is 0.666. The average molecular weight is 263 g/mol. The molecule has 0 bridgehead atoms. The second-order valence-electron chi connectivity index (χ2n) is 7.13. The fourth-order valence-corrected chi connectivity index (χ4v) is 4.09. The van der Waals surface area contributed by atoms with Gasteiger partial charge in [0.1, 0.15) is 0 Å². The second-order valence-corrected chi connectivity index (χ2v) is 7.56. The highest BCUT2D eigenvalue weighted by molar-refractivity contribution is 6.30. The van der Waals surface area contributed by atoms with Crippen molar-refractivity contribution in [2.75, 3.05) is 0 Å². The summed E-state index contributed by atoms with van der Waals surface area (Å²) >= 11 is 6.04. The minimum atomic E-state index is 0.392. The Morgan fingerprint density at radius 3 is 1.94 bits per heavy atom. The van der Waals surface area contributed by atoms with Crippen LogP contribution in [-0.4, -0.2) is 0 Å². The molecule has 0 aromatic heterocycles. The van der Waals surface area contributed by atoms with Gasteiger partial charge >= 0.3 is 0 Å². The molecule has 0 unspecified atom stereocenters. The lowest BCUT2D eigenvalue weighted by atomic mass is 9.47. The summed E-state index contributed by atoms with van der Waals surface area (Å²) in [5.74, 6) is 0. The first-order valence-electron chi connectivity index (χ1n) is 7.17. The smallest absolute Gasteiger partial charge is 0.0406 e. The van der Waals surface area contributed by atoms with Crippen molar-refractivity contribution in [3.63, 3.8) is 0 Å². The molecule has 0 heterocycles. The number of rotatable bonds is 3. The molecule has 3 rings (SSSR count). The number of benzene rings is 1. The van der Waals surface area contributed by atoms with Gasteiger partial charge < -0.3 is 0 Å². The van der Waals surface area contributed by atoms with E-state index in [4.69, 9.17) is 11.6 Å². The van der Waals surface area contributed by atoms with Crippen LogP contribution in [0.4, 0.5) is 0 Å². The third-order valence-electron chi connectivity index (χ3n) is 6.31. The lowest BCUT2D eigenvalue weighted by molar-refractivity contribution is 0.00756. The largest absolute Gasteiger partial charge is 0.0843 e. The number of hydrogen-bond donors (Lipinski definition) is 0. The first-order chi connectivity index (χ1) is 8.41. The summed E-state index contributed by atoms with van der Waals surface area (Å²) < 4.78 is 0. The molecule has 98 valence electrons. The van der Waals surface area contributed by atoms with Crippen molar-refractivity contribution in [1.82, 2.24) is 0 Å². The van der Waals surface area contributed by atoms with Crippen molar-refractivity contribution in [2.24, 2.45) is 10.8 Å². The Kier molecular flexibility index (Phi) is 2.62. The van der Waals surface area contributed by atoms with Crippen LogP contribution in [0.1, 0.15) is 58.4 Å². The van der Waals surface area contributed by atoms with E-state index < -0.39 is 0 Å². The summed E-state index contributed by atoms with van der Waals surface area (Å²) in [6, 6.07) is 8.63. The summed E-state index contributed by atoms with van der Waals surface area (Å²) in [4.78, 5) is 0. The van der Waals surface area contributed by atoms with Gasteiger partial charge in [0.2, 0.25) is 0 Å². The van der Waals surface area contributed by atoms with E-state index in [0.29, 0.717) is 16.2 Å². The molecule has 2 aliphatic rings. The third kappa shape index (κ3) is 1.51. The molecule has 0 spiro atoms. The van der Waals surface area contributed by atoms with Gasteiger partial charge in [0, 0.05) is 10.4 Å². The van der Waals surface area contributed by atoms with Gasteiger partial charge in [-0.25, -0.2) is 0 Å². The number of hydrogen-bond acceptors (Lipinski definition) is 0. The normalized spacial score (nSPS) is 24.4. The Labute approximate surface area is 116 Å². The van der Waals surface area contributed by atoms with Gasteiger partial charge in [0.15, 0.2) is 0 Å². The average Bonchev–Trinajstić information content (AvgIpc) is 2.99. The van der Waals surface area contributed by atoms with Crippen molar-refractivity contribution >= 4 is 11.6 Å². The zero-order valence-corrected chi connectivity index (χ0v) is 12.5. The summed E-state index contributed by atoms with van der Waals surface area (Å²) in [7, 11) is 0. The maximum Gasteiger partial charge on any atom is 0.0406 e. The van der Waals surface area contributed by atoms with Gasteiger partial charge in [-0.15, -0.1) is 0 Å². The van der Waals surface area contributed by atoms with Crippen molar-refractivity contribution in [2.45, 2.75) is 58.3 Å². The molecule has 1 aromatic carbocycles. The molecule has 0 N–H and O–H groups in total. The predicted molar refractivity (Wildman–Crippen MR) is 78.1 cm³/mol. The van der Waals surface area contributed by atoms with Crippen LogP contribution in [0.3, 0.4) is 0 Å². The van der Waals surface area contributed by atoms with Gasteiger partial charge in [-0.05, 0) is 54.2 Å². The molecule has 2 saturated carbocycles. The van der Waals surface area contributed by atoms with Crippen LogP contribution < -0.4 is 0 Å². The molecule has 0 amide bonds. The van der Waals surface area contributed by atoms with Crippen LogP contribution in [-0.2, 0) is 5.41 Å². The zero-order chi connectivity index (χ0) is 13.0. The van der Waals surface area contributed by atoms with Gasteiger partial charge in [-0.2, -0.15) is 0 Å². The summed E-state index contributed by atoms with van der Waals surface area (Å²) in [6.45, 7) is 7.46. The first-order valence-corrected chi connectivity index (χ1v) is 7.55. The summed E-state index contributed by atoms with van der Waals surface area (Å²) in [6.07, 6.45) is 6.86. The van der Waals surface area contributed by atoms with Crippen molar-refractivity contribution < 1.29 is 0 Å². The molecule has 0 nitrogen and oxygen atoms in total. The maximum atomic E-state index is 6.04. The van der Waals surface area contributed by atoms with E-state index in [0.717, 1.165) is 5.02 Å². The van der Waals surface area contributed by atoms with Gasteiger partial charge in [-0.1, -0.05) is 50.9 Å². The van der Waals surface area contributed by atoms with E-state index in [1.165, 1.54) is 37.7 Å². The first kappa shape index (κ1) is 12.5. The Hall–Kier alpha value is -0.490. The van der Waals surface area contributed by atoms with Crippen LogP contribution in [0.5, 0.6) is 0 Å². The van der Waals surface area contributed by atoms with Crippen molar-refractivity contribution in [1.29, 1.82) is 0 Å². The van der Waals surface area contributed by atoms with E-state index in [-0.39, 0.29) is 0 Å². The van der Waals surface area contributed by atoms with Gasteiger partial charge in [-0.3, -0.25) is 0 Å². The Morgan fingerprint density at radius 2 is 1.56 bits per heavy atom. The Bertz CT molecular complexity index is 447. The van der Waals surface area contributed by atoms with Crippen molar-refractivity contribution in [3.8, 4) is 0 Å². The Balaban J connectivity index is 2.02. The van der Waals surface area contributed by atoms with Crippen LogP contribution in [0.15, 0.2) is 24.3 Å². The van der Waals surface area contributed by atoms with E-state index in [9.17, 15) is 0 Å². The van der Waals surface area contributed by atoms with Crippen molar-refractivity contribution in [3.05, 3.63) is 34.9 Å². The highest BCUT2D eigenvalue weighted by Gasteiger charge is 2.62. The molecular weight excluding hydrogens is 240 g/mol. The molecule has 2 fully saturated rings. The monoisotopic (exact) mass is 262 g/mol. The molecule has 0 atom stereocenters. The van der Waals surface area contributed by atoms with Gasteiger partial charge in [0.05, 0.1) is 0 Å². The minimum absolute atomic E-state index is 0.392. The van der Waals surface area contributed by atoms with Crippen LogP contribution in [0, 0.1) is 10.8 Å². The lowest BCUT2D eigenvalue weighted by Gasteiger charge is -2.57. The van der Waals surface area contributed by atoms with Crippen LogP contribution in [0.2, 0.25) is 5.02 Å². The minimum Gasteiger partial charge on any atom is -0.0843 e. The van der Waals surface area contributed by atoms with E-state index in [1.54, 1.807) is 0 Å². The molecule has 1 aromatic rings. The predicted octanol–water partition coefficient (Wildman–Crippen LogP) is 5.59.